The van der Waals surface area contributed by atoms with Crippen LogP contribution in [0.4, 0.5) is 11.4 Å². The standard InChI is InChI=1S/C18H19Cl2N3O2/c1-11(2)22-18(25)12-4-3-5-15(6-12)21-10-17(24)23-16-8-13(19)7-14(20)9-16/h3-9,11,21H,10H2,1-2H3,(H,22,25)(H,23,24). The van der Waals surface area contributed by atoms with Crippen molar-refractivity contribution in [3.05, 3.63) is 58.1 Å². The molecule has 5 nitrogen and oxygen atoms in total. The molecule has 2 aromatic carbocycles. The molecule has 0 unspecified atom stereocenters. The van der Waals surface area contributed by atoms with Gasteiger partial charge in [-0.15, -0.1) is 0 Å². The van der Waals surface area contributed by atoms with Crippen LogP contribution in [-0.4, -0.2) is 24.4 Å². The average molecular weight is 380 g/mol. The summed E-state index contributed by atoms with van der Waals surface area (Å²) in [4.78, 5) is 24.0. The third-order valence-corrected chi connectivity index (χ3v) is 3.58. The van der Waals surface area contributed by atoms with Crippen LogP contribution in [0.3, 0.4) is 0 Å². The van der Waals surface area contributed by atoms with E-state index in [4.69, 9.17) is 23.2 Å². The average Bonchev–Trinajstić information content (AvgIpc) is 2.51. The fraction of sp³-hybridized carbons (Fsp3) is 0.222. The topological polar surface area (TPSA) is 70.2 Å². The lowest BCUT2D eigenvalue weighted by molar-refractivity contribution is -0.114. The number of anilines is 2. The van der Waals surface area contributed by atoms with Crippen molar-refractivity contribution in [2.75, 3.05) is 17.2 Å². The normalized spacial score (nSPS) is 10.4. The zero-order chi connectivity index (χ0) is 18.4. The van der Waals surface area contributed by atoms with E-state index in [0.717, 1.165) is 0 Å². The quantitative estimate of drug-likeness (QED) is 0.704. The van der Waals surface area contributed by atoms with Crippen LogP contribution in [0.2, 0.25) is 10.0 Å². The van der Waals surface area contributed by atoms with E-state index in [9.17, 15) is 9.59 Å². The van der Waals surface area contributed by atoms with Crippen molar-refractivity contribution < 1.29 is 9.59 Å². The Morgan fingerprint density at radius 3 is 2.32 bits per heavy atom. The SMILES string of the molecule is CC(C)NC(=O)c1cccc(NCC(=O)Nc2cc(Cl)cc(Cl)c2)c1. The zero-order valence-electron chi connectivity index (χ0n) is 13.9. The highest BCUT2D eigenvalue weighted by molar-refractivity contribution is 6.35. The van der Waals surface area contributed by atoms with Gasteiger partial charge >= 0.3 is 0 Å². The van der Waals surface area contributed by atoms with Crippen molar-refractivity contribution in [3.63, 3.8) is 0 Å². The van der Waals surface area contributed by atoms with E-state index < -0.39 is 0 Å². The minimum Gasteiger partial charge on any atom is -0.376 e. The van der Waals surface area contributed by atoms with Crippen LogP contribution in [0.15, 0.2) is 42.5 Å². The molecule has 0 saturated carbocycles. The van der Waals surface area contributed by atoms with Gasteiger partial charge in [-0.25, -0.2) is 0 Å². The summed E-state index contributed by atoms with van der Waals surface area (Å²) in [5.41, 5.74) is 1.73. The predicted molar refractivity (Wildman–Crippen MR) is 103 cm³/mol. The maximum Gasteiger partial charge on any atom is 0.251 e. The lowest BCUT2D eigenvalue weighted by Gasteiger charge is -2.11. The maximum absolute atomic E-state index is 12.0. The number of carbonyl (C=O) groups is 2. The van der Waals surface area contributed by atoms with E-state index in [-0.39, 0.29) is 24.4 Å². The molecule has 3 N–H and O–H groups in total. The number of carbonyl (C=O) groups excluding carboxylic acids is 2. The second kappa shape index (κ2) is 8.74. The van der Waals surface area contributed by atoms with Crippen LogP contribution >= 0.6 is 23.2 Å². The summed E-state index contributed by atoms with van der Waals surface area (Å²) in [7, 11) is 0. The third kappa shape index (κ3) is 6.29. The predicted octanol–water partition coefficient (Wildman–Crippen LogP) is 4.18. The molecule has 0 radical (unpaired) electrons. The van der Waals surface area contributed by atoms with Gasteiger partial charge < -0.3 is 16.0 Å². The van der Waals surface area contributed by atoms with Crippen LogP contribution in [0, 0.1) is 0 Å². The first-order valence-electron chi connectivity index (χ1n) is 7.74. The number of amides is 2. The van der Waals surface area contributed by atoms with Crippen LogP contribution in [0.5, 0.6) is 0 Å². The number of hydrogen-bond donors (Lipinski definition) is 3. The molecular weight excluding hydrogens is 361 g/mol. The van der Waals surface area contributed by atoms with E-state index in [1.54, 1.807) is 42.5 Å². The summed E-state index contributed by atoms with van der Waals surface area (Å²) in [6.07, 6.45) is 0. The molecule has 0 fully saturated rings. The van der Waals surface area contributed by atoms with Gasteiger partial charge in [0.25, 0.3) is 5.91 Å². The Labute approximate surface area is 156 Å². The highest BCUT2D eigenvalue weighted by Crippen LogP contribution is 2.22. The molecule has 132 valence electrons. The summed E-state index contributed by atoms with van der Waals surface area (Å²) in [6.45, 7) is 3.83. The smallest absolute Gasteiger partial charge is 0.251 e. The molecule has 2 amide bonds. The fourth-order valence-corrected chi connectivity index (χ4v) is 2.66. The van der Waals surface area contributed by atoms with Crippen molar-refractivity contribution in [1.82, 2.24) is 5.32 Å². The van der Waals surface area contributed by atoms with Gasteiger partial charge in [-0.2, -0.15) is 0 Å². The van der Waals surface area contributed by atoms with Crippen LogP contribution < -0.4 is 16.0 Å². The lowest BCUT2D eigenvalue weighted by atomic mass is 10.1. The van der Waals surface area contributed by atoms with Crippen LogP contribution in [0.1, 0.15) is 24.2 Å². The first-order chi connectivity index (χ1) is 11.8. The molecule has 7 heteroatoms. The molecule has 25 heavy (non-hydrogen) atoms. The minimum absolute atomic E-state index is 0.0411. The Kier molecular flexibility index (Phi) is 6.67. The molecule has 2 aromatic rings. The van der Waals surface area contributed by atoms with Gasteiger partial charge in [0.05, 0.1) is 6.54 Å². The molecule has 0 aliphatic carbocycles. The van der Waals surface area contributed by atoms with E-state index in [1.807, 2.05) is 13.8 Å². The van der Waals surface area contributed by atoms with Crippen molar-refractivity contribution in [3.8, 4) is 0 Å². The number of halogens is 2. The van der Waals surface area contributed by atoms with Gasteiger partial charge in [0.1, 0.15) is 0 Å². The molecule has 0 aromatic heterocycles. The molecule has 0 aliphatic rings. The number of benzene rings is 2. The summed E-state index contributed by atoms with van der Waals surface area (Å²) >= 11 is 11.8. The van der Waals surface area contributed by atoms with Crippen LogP contribution in [-0.2, 0) is 4.79 Å². The third-order valence-electron chi connectivity index (χ3n) is 3.14. The zero-order valence-corrected chi connectivity index (χ0v) is 15.4. The molecule has 0 saturated heterocycles. The van der Waals surface area contributed by atoms with Gasteiger partial charge in [-0.05, 0) is 50.2 Å². The molecule has 0 aliphatic heterocycles. The fourth-order valence-electron chi connectivity index (χ4n) is 2.13. The Morgan fingerprint density at radius 2 is 1.68 bits per heavy atom. The molecule has 0 heterocycles. The number of nitrogens with one attached hydrogen (secondary N) is 3. The van der Waals surface area contributed by atoms with E-state index in [2.05, 4.69) is 16.0 Å². The summed E-state index contributed by atoms with van der Waals surface area (Å²) < 4.78 is 0. The Bertz CT molecular complexity index is 758. The Morgan fingerprint density at radius 1 is 1.00 bits per heavy atom. The van der Waals surface area contributed by atoms with E-state index in [1.165, 1.54) is 0 Å². The molecule has 0 bridgehead atoms. The maximum atomic E-state index is 12.0. The highest BCUT2D eigenvalue weighted by Gasteiger charge is 2.08. The second-order valence-electron chi connectivity index (χ2n) is 5.77. The monoisotopic (exact) mass is 379 g/mol. The number of hydrogen-bond acceptors (Lipinski definition) is 3. The van der Waals surface area contributed by atoms with Gasteiger partial charge in [0.2, 0.25) is 5.91 Å². The highest BCUT2D eigenvalue weighted by atomic mass is 35.5. The van der Waals surface area contributed by atoms with Gasteiger partial charge in [0.15, 0.2) is 0 Å². The Hall–Kier alpha value is -2.24. The molecule has 0 atom stereocenters. The molecular formula is C18H19Cl2N3O2. The summed E-state index contributed by atoms with van der Waals surface area (Å²) in [5.74, 6) is -0.410. The van der Waals surface area contributed by atoms with E-state index >= 15 is 0 Å². The van der Waals surface area contributed by atoms with Crippen molar-refractivity contribution in [2.24, 2.45) is 0 Å². The molecule has 0 spiro atoms. The first-order valence-corrected chi connectivity index (χ1v) is 8.50. The van der Waals surface area contributed by atoms with Crippen molar-refractivity contribution in [2.45, 2.75) is 19.9 Å². The largest absolute Gasteiger partial charge is 0.376 e. The second-order valence-corrected chi connectivity index (χ2v) is 6.64. The summed E-state index contributed by atoms with van der Waals surface area (Å²) in [6, 6.07) is 11.8. The van der Waals surface area contributed by atoms with Crippen molar-refractivity contribution >= 4 is 46.4 Å². The first kappa shape index (κ1) is 19.1. The number of rotatable bonds is 6. The van der Waals surface area contributed by atoms with Gasteiger partial charge in [-0.1, -0.05) is 29.3 Å². The minimum atomic E-state index is -0.254. The van der Waals surface area contributed by atoms with Crippen LogP contribution in [0.25, 0.3) is 0 Å². The van der Waals surface area contributed by atoms with Gasteiger partial charge in [0, 0.05) is 33.0 Å². The Balaban J connectivity index is 1.94. The van der Waals surface area contributed by atoms with E-state index in [0.29, 0.717) is 27.0 Å². The van der Waals surface area contributed by atoms with Gasteiger partial charge in [-0.3, -0.25) is 9.59 Å². The summed E-state index contributed by atoms with van der Waals surface area (Å²) in [5, 5.41) is 9.40. The lowest BCUT2D eigenvalue weighted by Crippen LogP contribution is -2.30. The molecule has 2 rings (SSSR count). The van der Waals surface area contributed by atoms with Crippen molar-refractivity contribution in [1.29, 1.82) is 0 Å².